The molecule has 0 saturated heterocycles. The van der Waals surface area contributed by atoms with Crippen LogP contribution >= 0.6 is 0 Å². The number of non-ortho nitro benzene ring substituents is 1. The van der Waals surface area contributed by atoms with Gasteiger partial charge in [-0.15, -0.1) is 0 Å². The normalized spacial score (nSPS) is 11.6. The summed E-state index contributed by atoms with van der Waals surface area (Å²) < 4.78 is 28.2. The maximum absolute atomic E-state index is 12.9. The molecule has 0 unspecified atom stereocenters. The second-order valence-corrected chi connectivity index (χ2v) is 7.96. The fourth-order valence-electron chi connectivity index (χ4n) is 2.71. The molecular weight excluding hydrogens is 396 g/mol. The van der Waals surface area contributed by atoms with Crippen molar-refractivity contribution in [3.8, 4) is 6.07 Å². The van der Waals surface area contributed by atoms with Crippen LogP contribution < -0.4 is 0 Å². The van der Waals surface area contributed by atoms with Gasteiger partial charge in [0.25, 0.3) is 15.7 Å². The SMILES string of the molecule is CCc1ccc([N+](=O)[O-])cc1S(=O)(=O)N(C)/N=C\c1cnn2ccc(C#N)cc12. The number of hydrogen-bond acceptors (Lipinski definition) is 7. The molecule has 0 bridgehead atoms. The summed E-state index contributed by atoms with van der Waals surface area (Å²) in [5.74, 6) is 0. The van der Waals surface area contributed by atoms with Gasteiger partial charge in [-0.3, -0.25) is 10.1 Å². The van der Waals surface area contributed by atoms with Crippen molar-refractivity contribution in [1.29, 1.82) is 5.26 Å². The fraction of sp³-hybridized carbons (Fsp3) is 0.167. The minimum atomic E-state index is -4.11. The van der Waals surface area contributed by atoms with E-state index in [0.717, 1.165) is 10.5 Å². The first-order valence-corrected chi connectivity index (χ1v) is 9.89. The van der Waals surface area contributed by atoms with E-state index in [0.29, 0.717) is 28.6 Å². The van der Waals surface area contributed by atoms with Crippen LogP contribution in [0.4, 0.5) is 5.69 Å². The largest absolute Gasteiger partial charge is 0.279 e. The van der Waals surface area contributed by atoms with Crippen molar-refractivity contribution in [3.63, 3.8) is 0 Å². The summed E-state index contributed by atoms with van der Waals surface area (Å²) in [5, 5.41) is 28.2. The zero-order valence-electron chi connectivity index (χ0n) is 15.6. The number of pyridine rings is 1. The van der Waals surface area contributed by atoms with Crippen LogP contribution in [0.3, 0.4) is 0 Å². The molecule has 29 heavy (non-hydrogen) atoms. The number of nitrogens with zero attached hydrogens (tertiary/aromatic N) is 6. The van der Waals surface area contributed by atoms with Gasteiger partial charge >= 0.3 is 0 Å². The molecule has 10 nitrogen and oxygen atoms in total. The van der Waals surface area contributed by atoms with E-state index < -0.39 is 14.9 Å². The van der Waals surface area contributed by atoms with Gasteiger partial charge in [-0.05, 0) is 24.1 Å². The molecule has 0 aliphatic rings. The smallest absolute Gasteiger partial charge is 0.258 e. The topological polar surface area (TPSA) is 134 Å². The molecule has 2 heterocycles. The van der Waals surface area contributed by atoms with E-state index in [9.17, 15) is 18.5 Å². The first-order valence-electron chi connectivity index (χ1n) is 8.45. The number of benzene rings is 1. The fourth-order valence-corrected chi connectivity index (χ4v) is 3.97. The number of nitro benzene ring substituents is 1. The molecule has 0 aliphatic heterocycles. The molecule has 0 fully saturated rings. The number of nitro groups is 1. The summed E-state index contributed by atoms with van der Waals surface area (Å²) in [6.07, 6.45) is 4.80. The molecule has 0 atom stereocenters. The summed E-state index contributed by atoms with van der Waals surface area (Å²) in [6, 6.07) is 8.97. The van der Waals surface area contributed by atoms with E-state index in [1.807, 2.05) is 6.07 Å². The standard InChI is InChI=1S/C18H16N6O4S/c1-3-14-4-5-16(24(25)26)9-18(14)29(27,28)22(2)20-11-15-12-21-23-7-6-13(10-19)8-17(15)23/h4-9,11-12H,3H2,1-2H3/b20-11-. The number of rotatable bonds is 6. The first kappa shape index (κ1) is 20.0. The highest BCUT2D eigenvalue weighted by Crippen LogP contribution is 2.25. The van der Waals surface area contributed by atoms with E-state index in [-0.39, 0.29) is 10.6 Å². The van der Waals surface area contributed by atoms with Crippen molar-refractivity contribution in [1.82, 2.24) is 14.0 Å². The van der Waals surface area contributed by atoms with Gasteiger partial charge in [-0.2, -0.15) is 28.3 Å². The Bertz CT molecular complexity index is 1270. The monoisotopic (exact) mass is 412 g/mol. The summed E-state index contributed by atoms with van der Waals surface area (Å²) in [4.78, 5) is 10.2. The zero-order chi connectivity index (χ0) is 21.2. The average molecular weight is 412 g/mol. The van der Waals surface area contributed by atoms with Crippen molar-refractivity contribution in [2.24, 2.45) is 5.10 Å². The lowest BCUT2D eigenvalue weighted by Gasteiger charge is -2.15. The van der Waals surface area contributed by atoms with Crippen molar-refractivity contribution < 1.29 is 13.3 Å². The molecule has 11 heteroatoms. The number of aromatic nitrogens is 2. The Hall–Kier alpha value is -3.78. The van der Waals surface area contributed by atoms with E-state index in [4.69, 9.17) is 5.26 Å². The quantitative estimate of drug-likeness (QED) is 0.346. The summed E-state index contributed by atoms with van der Waals surface area (Å²) >= 11 is 0. The lowest BCUT2D eigenvalue weighted by molar-refractivity contribution is -0.385. The van der Waals surface area contributed by atoms with Gasteiger partial charge in [0.2, 0.25) is 0 Å². The molecule has 0 spiro atoms. The molecule has 3 rings (SSSR count). The van der Waals surface area contributed by atoms with Crippen molar-refractivity contribution in [3.05, 3.63) is 69.5 Å². The maximum Gasteiger partial charge on any atom is 0.279 e. The van der Waals surface area contributed by atoms with Gasteiger partial charge in [-0.1, -0.05) is 13.0 Å². The summed E-state index contributed by atoms with van der Waals surface area (Å²) in [5.41, 5.74) is 1.66. The Morgan fingerprint density at radius 1 is 1.38 bits per heavy atom. The van der Waals surface area contributed by atoms with E-state index >= 15 is 0 Å². The molecule has 3 aromatic rings. The molecular formula is C18H16N6O4S. The van der Waals surface area contributed by atoms with E-state index in [1.165, 1.54) is 36.1 Å². The Labute approximate surface area is 166 Å². The van der Waals surface area contributed by atoms with Gasteiger partial charge in [-0.25, -0.2) is 4.52 Å². The van der Waals surface area contributed by atoms with Crippen LogP contribution in [0.1, 0.15) is 23.6 Å². The van der Waals surface area contributed by atoms with E-state index in [1.54, 1.807) is 25.3 Å². The van der Waals surface area contributed by atoms with Gasteiger partial charge in [0.05, 0.1) is 39.4 Å². The van der Waals surface area contributed by atoms with Gasteiger partial charge in [0.1, 0.15) is 0 Å². The van der Waals surface area contributed by atoms with Crippen LogP contribution in [0.5, 0.6) is 0 Å². The Kier molecular flexibility index (Phi) is 5.29. The third kappa shape index (κ3) is 3.78. The number of sulfonamides is 1. The summed E-state index contributed by atoms with van der Waals surface area (Å²) in [6.45, 7) is 1.76. The molecule has 1 aromatic carbocycles. The molecule has 2 aromatic heterocycles. The number of fused-ring (bicyclic) bond motifs is 1. The summed E-state index contributed by atoms with van der Waals surface area (Å²) in [7, 11) is -2.86. The predicted molar refractivity (Wildman–Crippen MR) is 105 cm³/mol. The van der Waals surface area contributed by atoms with Crippen LogP contribution in [0, 0.1) is 21.4 Å². The van der Waals surface area contributed by atoms with Crippen LogP contribution in [0.25, 0.3) is 5.52 Å². The van der Waals surface area contributed by atoms with Gasteiger partial charge in [0, 0.05) is 30.9 Å². The van der Waals surface area contributed by atoms with Crippen LogP contribution in [-0.4, -0.2) is 40.6 Å². The van der Waals surface area contributed by atoms with Crippen LogP contribution in [0.2, 0.25) is 0 Å². The zero-order valence-corrected chi connectivity index (χ0v) is 16.4. The average Bonchev–Trinajstić information content (AvgIpc) is 3.13. The molecule has 0 N–H and O–H groups in total. The molecule has 0 radical (unpaired) electrons. The second-order valence-electron chi connectivity index (χ2n) is 6.04. The second kappa shape index (κ2) is 7.69. The molecule has 0 amide bonds. The highest BCUT2D eigenvalue weighted by molar-refractivity contribution is 7.89. The maximum atomic E-state index is 12.9. The molecule has 0 aliphatic carbocycles. The van der Waals surface area contributed by atoms with Gasteiger partial charge in [0.15, 0.2) is 0 Å². The molecule has 148 valence electrons. The minimum absolute atomic E-state index is 0.166. The van der Waals surface area contributed by atoms with Crippen molar-refractivity contribution >= 4 is 27.4 Å². The number of hydrazone groups is 1. The highest BCUT2D eigenvalue weighted by Gasteiger charge is 2.25. The Morgan fingerprint density at radius 2 is 2.14 bits per heavy atom. The highest BCUT2D eigenvalue weighted by atomic mass is 32.2. The molecule has 0 saturated carbocycles. The lowest BCUT2D eigenvalue weighted by atomic mass is 10.1. The third-order valence-electron chi connectivity index (χ3n) is 4.31. The minimum Gasteiger partial charge on any atom is -0.258 e. The lowest BCUT2D eigenvalue weighted by Crippen LogP contribution is -2.23. The number of nitriles is 1. The third-order valence-corrected chi connectivity index (χ3v) is 6.03. The Morgan fingerprint density at radius 3 is 2.79 bits per heavy atom. The van der Waals surface area contributed by atoms with Crippen LogP contribution in [-0.2, 0) is 16.4 Å². The van der Waals surface area contributed by atoms with Gasteiger partial charge < -0.3 is 0 Å². The number of aryl methyl sites for hydroxylation is 1. The number of hydrogen-bond donors (Lipinski definition) is 0. The first-order chi connectivity index (χ1) is 13.8. The predicted octanol–water partition coefficient (Wildman–Crippen LogP) is 2.33. The Balaban J connectivity index is 1.98. The van der Waals surface area contributed by atoms with Crippen molar-refractivity contribution in [2.75, 3.05) is 7.05 Å². The van der Waals surface area contributed by atoms with Crippen LogP contribution in [0.15, 0.2) is 52.7 Å². The van der Waals surface area contributed by atoms with Crippen molar-refractivity contribution in [2.45, 2.75) is 18.2 Å². The van der Waals surface area contributed by atoms with E-state index in [2.05, 4.69) is 10.2 Å².